The maximum atomic E-state index is 12.2. The first-order valence-electron chi connectivity index (χ1n) is 9.55. The molecule has 150 valence electrons. The van der Waals surface area contributed by atoms with Gasteiger partial charge in [-0.2, -0.15) is 0 Å². The summed E-state index contributed by atoms with van der Waals surface area (Å²) in [5, 5.41) is 8.11. The van der Waals surface area contributed by atoms with Gasteiger partial charge in [-0.15, -0.1) is 0 Å². The molecule has 2 aromatic rings. The van der Waals surface area contributed by atoms with Gasteiger partial charge in [0.15, 0.2) is 0 Å². The minimum Gasteiger partial charge on any atom is -0.355 e. The van der Waals surface area contributed by atoms with Crippen LogP contribution in [0.1, 0.15) is 24.0 Å². The molecule has 3 N–H and O–H groups in total. The summed E-state index contributed by atoms with van der Waals surface area (Å²) in [7, 11) is -3.71. The van der Waals surface area contributed by atoms with Gasteiger partial charge in [-0.1, -0.05) is 42.5 Å². The van der Waals surface area contributed by atoms with Crippen LogP contribution in [0.5, 0.6) is 0 Å². The fourth-order valence-electron chi connectivity index (χ4n) is 3.61. The molecule has 1 saturated heterocycles. The van der Waals surface area contributed by atoms with Crippen LogP contribution in [0.25, 0.3) is 0 Å². The third-order valence-electron chi connectivity index (χ3n) is 5.06. The first kappa shape index (κ1) is 20.5. The van der Waals surface area contributed by atoms with Gasteiger partial charge >= 0.3 is 0 Å². The Labute approximate surface area is 166 Å². The van der Waals surface area contributed by atoms with E-state index in [-0.39, 0.29) is 17.2 Å². The van der Waals surface area contributed by atoms with Gasteiger partial charge in [0.1, 0.15) is 0 Å². The van der Waals surface area contributed by atoms with E-state index in [0.717, 1.165) is 38.0 Å². The number of likely N-dealkylation sites (tertiary alicyclic amines) is 1. The molecule has 1 amide bonds. The molecule has 0 saturated carbocycles. The van der Waals surface area contributed by atoms with Gasteiger partial charge in [0, 0.05) is 19.6 Å². The highest BCUT2D eigenvalue weighted by atomic mass is 32.2. The minimum absolute atomic E-state index is 0.0523. The number of nitrogens with zero attached hydrogens (tertiary/aromatic N) is 1. The number of hydrogen-bond acceptors (Lipinski definition) is 4. The van der Waals surface area contributed by atoms with Crippen molar-refractivity contribution in [1.82, 2.24) is 10.2 Å². The lowest BCUT2D eigenvalue weighted by Gasteiger charge is -2.32. The number of benzene rings is 2. The van der Waals surface area contributed by atoms with E-state index in [1.165, 1.54) is 17.7 Å². The van der Waals surface area contributed by atoms with Crippen LogP contribution in [0.4, 0.5) is 0 Å². The number of amides is 1. The fourth-order valence-corrected chi connectivity index (χ4v) is 4.12. The normalized spacial score (nSPS) is 18.0. The maximum absolute atomic E-state index is 12.2. The second-order valence-corrected chi connectivity index (χ2v) is 8.96. The summed E-state index contributed by atoms with van der Waals surface area (Å²) in [6, 6.07) is 16.6. The molecule has 6 nitrogen and oxygen atoms in total. The van der Waals surface area contributed by atoms with Crippen molar-refractivity contribution in [1.29, 1.82) is 0 Å². The first-order chi connectivity index (χ1) is 13.4. The van der Waals surface area contributed by atoms with E-state index in [0.29, 0.717) is 12.5 Å². The van der Waals surface area contributed by atoms with E-state index in [9.17, 15) is 13.2 Å². The lowest BCUT2D eigenvalue weighted by molar-refractivity contribution is -0.120. The quantitative estimate of drug-likeness (QED) is 0.741. The summed E-state index contributed by atoms with van der Waals surface area (Å²) in [4.78, 5) is 14.7. The van der Waals surface area contributed by atoms with Crippen LogP contribution in [-0.2, 0) is 27.8 Å². The monoisotopic (exact) mass is 401 g/mol. The van der Waals surface area contributed by atoms with Crippen molar-refractivity contribution < 1.29 is 13.2 Å². The molecule has 1 unspecified atom stereocenters. The number of nitrogens with two attached hydrogens (primary N) is 1. The summed E-state index contributed by atoms with van der Waals surface area (Å²) in [5.74, 6) is 0.398. The van der Waals surface area contributed by atoms with E-state index in [1.54, 1.807) is 12.1 Å². The second kappa shape index (κ2) is 9.32. The molecule has 1 heterocycles. The Morgan fingerprint density at radius 1 is 1.07 bits per heavy atom. The molecular formula is C21H27N3O3S. The average Bonchev–Trinajstić information content (AvgIpc) is 2.67. The van der Waals surface area contributed by atoms with Crippen molar-refractivity contribution in [3.63, 3.8) is 0 Å². The zero-order valence-electron chi connectivity index (χ0n) is 15.9. The molecule has 0 radical (unpaired) electrons. The zero-order chi connectivity index (χ0) is 20.0. The lowest BCUT2D eigenvalue weighted by Crippen LogP contribution is -2.40. The van der Waals surface area contributed by atoms with Crippen LogP contribution >= 0.6 is 0 Å². The molecule has 3 rings (SSSR count). The van der Waals surface area contributed by atoms with Gasteiger partial charge in [-0.3, -0.25) is 9.69 Å². The molecule has 1 aliphatic rings. The SMILES string of the molecule is NS(=O)(=O)c1ccc(CC(=O)NCC2CCCN(Cc3ccccc3)C2)cc1. The van der Waals surface area contributed by atoms with E-state index >= 15 is 0 Å². The number of primary sulfonamides is 1. The fraction of sp³-hybridized carbons (Fsp3) is 0.381. The number of rotatable bonds is 7. The van der Waals surface area contributed by atoms with Crippen molar-refractivity contribution in [2.45, 2.75) is 30.7 Å². The number of sulfonamides is 1. The van der Waals surface area contributed by atoms with Crippen molar-refractivity contribution in [2.75, 3.05) is 19.6 Å². The molecule has 0 bridgehead atoms. The number of nitrogens with one attached hydrogen (secondary N) is 1. The van der Waals surface area contributed by atoms with Crippen LogP contribution < -0.4 is 10.5 Å². The predicted molar refractivity (Wildman–Crippen MR) is 109 cm³/mol. The van der Waals surface area contributed by atoms with Gasteiger partial charge in [-0.25, -0.2) is 13.6 Å². The molecule has 1 fully saturated rings. The molecule has 1 atom stereocenters. The number of carbonyl (C=O) groups is 1. The predicted octanol–water partition coefficient (Wildman–Crippen LogP) is 1.90. The molecule has 1 aliphatic heterocycles. The topological polar surface area (TPSA) is 92.5 Å². The van der Waals surface area contributed by atoms with Gasteiger partial charge in [-0.05, 0) is 48.6 Å². The number of hydrogen-bond donors (Lipinski definition) is 2. The largest absolute Gasteiger partial charge is 0.355 e. The van der Waals surface area contributed by atoms with Crippen LogP contribution in [-0.4, -0.2) is 38.9 Å². The zero-order valence-corrected chi connectivity index (χ0v) is 16.7. The highest BCUT2D eigenvalue weighted by Crippen LogP contribution is 2.18. The standard InChI is InChI=1S/C21H27N3O3S/c22-28(26,27)20-10-8-17(9-11-20)13-21(25)23-14-19-7-4-12-24(16-19)15-18-5-2-1-3-6-18/h1-3,5-6,8-11,19H,4,7,12-16H2,(H,23,25)(H2,22,26,27). The summed E-state index contributed by atoms with van der Waals surface area (Å²) < 4.78 is 22.6. The van der Waals surface area contributed by atoms with Crippen molar-refractivity contribution in [3.05, 3.63) is 65.7 Å². The van der Waals surface area contributed by atoms with Gasteiger partial charge in [0.05, 0.1) is 11.3 Å². The first-order valence-corrected chi connectivity index (χ1v) is 11.1. The number of piperidine rings is 1. The van der Waals surface area contributed by atoms with E-state index in [1.807, 2.05) is 6.07 Å². The molecule has 0 aliphatic carbocycles. The Morgan fingerprint density at radius 2 is 1.79 bits per heavy atom. The third kappa shape index (κ3) is 6.15. The molecule has 7 heteroatoms. The van der Waals surface area contributed by atoms with Crippen LogP contribution in [0, 0.1) is 5.92 Å². The lowest BCUT2D eigenvalue weighted by atomic mass is 9.97. The van der Waals surface area contributed by atoms with E-state index in [2.05, 4.69) is 34.5 Å². The van der Waals surface area contributed by atoms with E-state index in [4.69, 9.17) is 5.14 Å². The summed E-state index contributed by atoms with van der Waals surface area (Å²) >= 11 is 0. The smallest absolute Gasteiger partial charge is 0.238 e. The summed E-state index contributed by atoms with van der Waals surface area (Å²) in [6.45, 7) is 3.69. The highest BCUT2D eigenvalue weighted by molar-refractivity contribution is 7.89. The summed E-state index contributed by atoms with van der Waals surface area (Å²) in [6.07, 6.45) is 2.49. The maximum Gasteiger partial charge on any atom is 0.238 e. The second-order valence-electron chi connectivity index (χ2n) is 7.40. The Balaban J connectivity index is 1.45. The third-order valence-corrected chi connectivity index (χ3v) is 5.99. The highest BCUT2D eigenvalue weighted by Gasteiger charge is 2.20. The van der Waals surface area contributed by atoms with Crippen molar-refractivity contribution in [3.8, 4) is 0 Å². The van der Waals surface area contributed by atoms with Gasteiger partial charge < -0.3 is 5.32 Å². The number of carbonyl (C=O) groups excluding carboxylic acids is 1. The molecule has 2 aromatic carbocycles. The Bertz CT molecular complexity index is 883. The van der Waals surface area contributed by atoms with Gasteiger partial charge in [0.2, 0.25) is 15.9 Å². The Hall–Kier alpha value is -2.22. The Kier molecular flexibility index (Phi) is 6.83. The molecule has 0 aromatic heterocycles. The molecule has 28 heavy (non-hydrogen) atoms. The molecular weight excluding hydrogens is 374 g/mol. The van der Waals surface area contributed by atoms with Crippen LogP contribution in [0.3, 0.4) is 0 Å². The van der Waals surface area contributed by atoms with Crippen molar-refractivity contribution in [2.24, 2.45) is 11.1 Å². The summed E-state index contributed by atoms with van der Waals surface area (Å²) in [5.41, 5.74) is 2.08. The Morgan fingerprint density at radius 3 is 2.46 bits per heavy atom. The minimum atomic E-state index is -3.71. The van der Waals surface area contributed by atoms with E-state index < -0.39 is 10.0 Å². The van der Waals surface area contributed by atoms with Gasteiger partial charge in [0.25, 0.3) is 0 Å². The van der Waals surface area contributed by atoms with Crippen LogP contribution in [0.15, 0.2) is 59.5 Å². The average molecular weight is 402 g/mol. The van der Waals surface area contributed by atoms with Crippen molar-refractivity contribution >= 4 is 15.9 Å². The van der Waals surface area contributed by atoms with Crippen LogP contribution in [0.2, 0.25) is 0 Å². The molecule has 0 spiro atoms.